The second-order valence-electron chi connectivity index (χ2n) is 2.76. The molecular formula is C10H7N2O2. The Kier molecular flexibility index (Phi) is 2.02. The molecule has 0 N–H and O–H groups in total. The van der Waals surface area contributed by atoms with Gasteiger partial charge in [-0.1, -0.05) is 6.07 Å². The first-order valence-electron chi connectivity index (χ1n) is 4.07. The van der Waals surface area contributed by atoms with Crippen LogP contribution in [0.1, 0.15) is 0 Å². The molecule has 0 aliphatic heterocycles. The lowest BCUT2D eigenvalue weighted by Gasteiger charge is -2.02. The Bertz CT molecular complexity index is 449. The minimum Gasteiger partial charge on any atom is -0.318 e. The van der Waals surface area contributed by atoms with Crippen molar-refractivity contribution in [2.24, 2.45) is 0 Å². The summed E-state index contributed by atoms with van der Waals surface area (Å²) < 4.78 is 1.70. The van der Waals surface area contributed by atoms with E-state index in [2.05, 4.69) is 6.07 Å². The smallest absolute Gasteiger partial charge is 0.293 e. The molecular weight excluding hydrogens is 180 g/mol. The first-order chi connectivity index (χ1) is 6.79. The highest BCUT2D eigenvalue weighted by molar-refractivity contribution is 5.51. The second kappa shape index (κ2) is 3.33. The zero-order chi connectivity index (χ0) is 9.97. The summed E-state index contributed by atoms with van der Waals surface area (Å²) in [6.45, 7) is 0. The molecule has 1 aromatic heterocycles. The van der Waals surface area contributed by atoms with Crippen molar-refractivity contribution in [2.75, 3.05) is 0 Å². The van der Waals surface area contributed by atoms with Crippen molar-refractivity contribution >= 4 is 5.69 Å². The fourth-order valence-electron chi connectivity index (χ4n) is 1.27. The molecule has 0 aliphatic rings. The van der Waals surface area contributed by atoms with Gasteiger partial charge in [0.1, 0.15) is 5.69 Å². The van der Waals surface area contributed by atoms with Crippen LogP contribution in [-0.4, -0.2) is 9.49 Å². The van der Waals surface area contributed by atoms with Gasteiger partial charge in [-0.3, -0.25) is 10.1 Å². The quantitative estimate of drug-likeness (QED) is 0.534. The molecule has 0 fully saturated rings. The van der Waals surface area contributed by atoms with Crippen molar-refractivity contribution in [3.8, 4) is 5.69 Å². The zero-order valence-electron chi connectivity index (χ0n) is 7.25. The number of rotatable bonds is 2. The van der Waals surface area contributed by atoms with Crippen LogP contribution in [0.2, 0.25) is 0 Å². The molecule has 14 heavy (non-hydrogen) atoms. The molecule has 0 bridgehead atoms. The Morgan fingerprint density at radius 1 is 1.36 bits per heavy atom. The summed E-state index contributed by atoms with van der Waals surface area (Å²) in [5.41, 5.74) is 0.613. The number of nitro groups is 1. The number of aromatic nitrogens is 1. The van der Waals surface area contributed by atoms with Gasteiger partial charge in [0.15, 0.2) is 0 Å². The average Bonchev–Trinajstić information content (AvgIpc) is 2.70. The molecule has 2 aromatic rings. The van der Waals surface area contributed by atoms with E-state index in [4.69, 9.17) is 0 Å². The molecule has 2 rings (SSSR count). The summed E-state index contributed by atoms with van der Waals surface area (Å²) in [6.07, 6.45) is 3.53. The molecule has 0 aliphatic carbocycles. The Labute approximate surface area is 80.6 Å². The van der Waals surface area contributed by atoms with E-state index in [0.717, 1.165) is 0 Å². The van der Waals surface area contributed by atoms with E-state index in [1.807, 2.05) is 12.1 Å². The van der Waals surface area contributed by atoms with E-state index in [1.165, 1.54) is 6.07 Å². The van der Waals surface area contributed by atoms with E-state index < -0.39 is 4.92 Å². The lowest BCUT2D eigenvalue weighted by atomic mass is 10.2. The SMILES string of the molecule is O=[N+]([O-])c1c[c]ccc1-n1cccc1. The van der Waals surface area contributed by atoms with Gasteiger partial charge in [0.05, 0.1) is 4.92 Å². The predicted molar refractivity (Wildman–Crippen MR) is 51.3 cm³/mol. The van der Waals surface area contributed by atoms with Gasteiger partial charge in [-0.25, -0.2) is 0 Å². The molecule has 4 heteroatoms. The molecule has 1 aromatic carbocycles. The molecule has 4 nitrogen and oxygen atoms in total. The minimum atomic E-state index is -0.411. The lowest BCUT2D eigenvalue weighted by Crippen LogP contribution is -1.97. The van der Waals surface area contributed by atoms with Crippen LogP contribution in [0.3, 0.4) is 0 Å². The number of benzene rings is 1. The summed E-state index contributed by atoms with van der Waals surface area (Å²) in [6, 6.07) is 11.0. The van der Waals surface area contributed by atoms with E-state index in [-0.39, 0.29) is 5.69 Å². The lowest BCUT2D eigenvalue weighted by molar-refractivity contribution is -0.384. The number of nitro benzene ring substituents is 1. The van der Waals surface area contributed by atoms with Gasteiger partial charge < -0.3 is 4.57 Å². The van der Waals surface area contributed by atoms with Gasteiger partial charge in [-0.05, 0) is 24.3 Å². The van der Waals surface area contributed by atoms with Crippen molar-refractivity contribution in [3.63, 3.8) is 0 Å². The molecule has 0 atom stereocenters. The van der Waals surface area contributed by atoms with Crippen molar-refractivity contribution in [3.05, 3.63) is 58.9 Å². The standard InChI is InChI=1S/C10H7N2O2/c13-12(14)10-6-2-1-5-9(10)11-7-3-4-8-11/h1,3-8H. The van der Waals surface area contributed by atoms with E-state index >= 15 is 0 Å². The molecule has 1 heterocycles. The fraction of sp³-hybridized carbons (Fsp3) is 0. The summed E-state index contributed by atoms with van der Waals surface area (Å²) >= 11 is 0. The van der Waals surface area contributed by atoms with Crippen LogP contribution < -0.4 is 0 Å². The van der Waals surface area contributed by atoms with Crippen LogP contribution in [-0.2, 0) is 0 Å². The predicted octanol–water partition coefficient (Wildman–Crippen LogP) is 2.19. The maximum absolute atomic E-state index is 10.7. The van der Waals surface area contributed by atoms with Crippen LogP contribution in [0.4, 0.5) is 5.69 Å². The van der Waals surface area contributed by atoms with Crippen molar-refractivity contribution in [1.82, 2.24) is 4.57 Å². The molecule has 0 unspecified atom stereocenters. The topological polar surface area (TPSA) is 48.1 Å². The third-order valence-corrected chi connectivity index (χ3v) is 1.90. The highest BCUT2D eigenvalue weighted by Gasteiger charge is 2.12. The van der Waals surface area contributed by atoms with Gasteiger partial charge in [0, 0.05) is 18.5 Å². The number of hydrogen-bond donors (Lipinski definition) is 0. The molecule has 1 radical (unpaired) electrons. The summed E-state index contributed by atoms with van der Waals surface area (Å²) in [5, 5.41) is 10.7. The highest BCUT2D eigenvalue weighted by Crippen LogP contribution is 2.21. The minimum absolute atomic E-state index is 0.0590. The molecule has 0 saturated heterocycles. The van der Waals surface area contributed by atoms with E-state index in [0.29, 0.717) is 5.69 Å². The number of hydrogen-bond acceptors (Lipinski definition) is 2. The van der Waals surface area contributed by atoms with Crippen molar-refractivity contribution in [2.45, 2.75) is 0 Å². The summed E-state index contributed by atoms with van der Waals surface area (Å²) in [5.74, 6) is 0. The molecule has 0 amide bonds. The first kappa shape index (κ1) is 8.50. The number of nitrogens with zero attached hydrogens (tertiary/aromatic N) is 2. The second-order valence-corrected chi connectivity index (χ2v) is 2.76. The molecule has 0 saturated carbocycles. The van der Waals surface area contributed by atoms with Gasteiger partial charge in [0.2, 0.25) is 0 Å². The van der Waals surface area contributed by atoms with Gasteiger partial charge >= 0.3 is 0 Å². The van der Waals surface area contributed by atoms with Gasteiger partial charge in [-0.15, -0.1) is 0 Å². The largest absolute Gasteiger partial charge is 0.318 e. The maximum atomic E-state index is 10.7. The van der Waals surface area contributed by atoms with Crippen LogP contribution in [0.15, 0.2) is 42.7 Å². The molecule has 0 spiro atoms. The third-order valence-electron chi connectivity index (χ3n) is 1.90. The summed E-state index contributed by atoms with van der Waals surface area (Å²) in [7, 11) is 0. The van der Waals surface area contributed by atoms with Gasteiger partial charge in [0.25, 0.3) is 5.69 Å². The van der Waals surface area contributed by atoms with E-state index in [1.54, 1.807) is 29.1 Å². The Hall–Kier alpha value is -2.10. The maximum Gasteiger partial charge on any atom is 0.293 e. The fourth-order valence-corrected chi connectivity index (χ4v) is 1.27. The van der Waals surface area contributed by atoms with Crippen LogP contribution in [0.25, 0.3) is 5.69 Å². The van der Waals surface area contributed by atoms with Crippen LogP contribution >= 0.6 is 0 Å². The van der Waals surface area contributed by atoms with Crippen molar-refractivity contribution < 1.29 is 4.92 Å². The zero-order valence-corrected chi connectivity index (χ0v) is 7.25. The Balaban J connectivity index is 2.58. The normalized spacial score (nSPS) is 10.0. The van der Waals surface area contributed by atoms with Crippen LogP contribution in [0, 0.1) is 16.2 Å². The monoisotopic (exact) mass is 187 g/mol. The van der Waals surface area contributed by atoms with Crippen LogP contribution in [0.5, 0.6) is 0 Å². The van der Waals surface area contributed by atoms with E-state index in [9.17, 15) is 10.1 Å². The highest BCUT2D eigenvalue weighted by atomic mass is 16.6. The van der Waals surface area contributed by atoms with Gasteiger partial charge in [-0.2, -0.15) is 0 Å². The Morgan fingerprint density at radius 3 is 2.71 bits per heavy atom. The third kappa shape index (κ3) is 1.37. The summed E-state index contributed by atoms with van der Waals surface area (Å²) in [4.78, 5) is 10.3. The first-order valence-corrected chi connectivity index (χ1v) is 4.07. The Morgan fingerprint density at radius 2 is 2.07 bits per heavy atom. The average molecular weight is 187 g/mol. The van der Waals surface area contributed by atoms with Crippen molar-refractivity contribution in [1.29, 1.82) is 0 Å². The molecule has 69 valence electrons.